The summed E-state index contributed by atoms with van der Waals surface area (Å²) in [6.45, 7) is -0.0718. The normalized spacial score (nSPS) is 11.6. The number of aromatic hydroxyl groups is 1. The van der Waals surface area contributed by atoms with E-state index in [1.807, 2.05) is 0 Å². The van der Waals surface area contributed by atoms with Crippen LogP contribution in [0.15, 0.2) is 60.7 Å². The molecule has 0 spiro atoms. The molecule has 0 aliphatic carbocycles. The number of ketones is 1. The predicted octanol–water partition coefficient (Wildman–Crippen LogP) is 5.76. The maximum absolute atomic E-state index is 13.5. The average molecular weight is 543 g/mol. The van der Waals surface area contributed by atoms with Gasteiger partial charge in [0.2, 0.25) is 11.6 Å². The Bertz CT molecular complexity index is 1510. The van der Waals surface area contributed by atoms with Gasteiger partial charge in [-0.3, -0.25) is 4.79 Å². The molecule has 0 saturated heterocycles. The number of fused-ring (bicyclic) bond motifs is 1. The summed E-state index contributed by atoms with van der Waals surface area (Å²) in [5.74, 6) is -0.987. The number of aromatic nitrogens is 2. The number of ether oxygens (including phenoxy) is 4. The van der Waals surface area contributed by atoms with Crippen LogP contribution in [0.5, 0.6) is 28.7 Å². The summed E-state index contributed by atoms with van der Waals surface area (Å²) in [6.07, 6.45) is -1.79. The first-order valence-corrected chi connectivity index (χ1v) is 11.7. The molecule has 3 aromatic carbocycles. The van der Waals surface area contributed by atoms with E-state index in [-0.39, 0.29) is 47.2 Å². The van der Waals surface area contributed by atoms with E-state index in [0.29, 0.717) is 16.8 Å². The molecule has 11 heteroatoms. The topological polar surface area (TPSA) is 92.0 Å². The maximum atomic E-state index is 13.5. The van der Waals surface area contributed by atoms with E-state index in [1.165, 1.54) is 45.6 Å². The Morgan fingerprint density at radius 1 is 1.00 bits per heavy atom. The Morgan fingerprint density at radius 3 is 2.33 bits per heavy atom. The van der Waals surface area contributed by atoms with Gasteiger partial charge in [0.05, 0.1) is 38.9 Å². The SMILES string of the molecule is COc1cc(O)c(C(=O)/C=C/c2ccc(OCCn3c(C(F)(F)F)nc4ccccc43)cc2)c(OC)c1OC. The van der Waals surface area contributed by atoms with Crippen LogP contribution < -0.4 is 18.9 Å². The van der Waals surface area contributed by atoms with Crippen LogP contribution in [0.1, 0.15) is 21.7 Å². The van der Waals surface area contributed by atoms with Crippen molar-refractivity contribution in [3.05, 3.63) is 77.6 Å². The molecule has 1 aromatic heterocycles. The molecule has 4 rings (SSSR count). The molecule has 204 valence electrons. The second-order valence-electron chi connectivity index (χ2n) is 8.23. The van der Waals surface area contributed by atoms with Gasteiger partial charge in [-0.05, 0) is 35.9 Å². The second kappa shape index (κ2) is 11.4. The summed E-state index contributed by atoms with van der Waals surface area (Å²) < 4.78 is 62.9. The number of imidazole rings is 1. The van der Waals surface area contributed by atoms with Crippen molar-refractivity contribution in [2.24, 2.45) is 0 Å². The molecule has 0 aliphatic rings. The van der Waals surface area contributed by atoms with E-state index in [0.717, 1.165) is 4.57 Å². The van der Waals surface area contributed by atoms with Crippen molar-refractivity contribution >= 4 is 22.9 Å². The van der Waals surface area contributed by atoms with E-state index >= 15 is 0 Å². The van der Waals surface area contributed by atoms with E-state index in [2.05, 4.69) is 4.98 Å². The molecule has 39 heavy (non-hydrogen) atoms. The number of hydrogen-bond donors (Lipinski definition) is 1. The number of phenols is 1. The molecule has 1 N–H and O–H groups in total. The van der Waals surface area contributed by atoms with Gasteiger partial charge >= 0.3 is 6.18 Å². The van der Waals surface area contributed by atoms with E-state index in [1.54, 1.807) is 42.5 Å². The van der Waals surface area contributed by atoms with Crippen LogP contribution in [0.4, 0.5) is 13.2 Å². The lowest BCUT2D eigenvalue weighted by Gasteiger charge is -2.15. The number of carbonyl (C=O) groups excluding carboxylic acids is 1. The van der Waals surface area contributed by atoms with E-state index in [9.17, 15) is 23.1 Å². The van der Waals surface area contributed by atoms with Crippen LogP contribution in [-0.4, -0.2) is 48.4 Å². The monoisotopic (exact) mass is 542 g/mol. The Morgan fingerprint density at radius 2 is 1.69 bits per heavy atom. The van der Waals surface area contributed by atoms with Crippen LogP contribution >= 0.6 is 0 Å². The van der Waals surface area contributed by atoms with Crippen molar-refractivity contribution in [1.29, 1.82) is 0 Å². The molecule has 0 fully saturated rings. The predicted molar refractivity (Wildman–Crippen MR) is 138 cm³/mol. The number of rotatable bonds is 10. The van der Waals surface area contributed by atoms with Crippen molar-refractivity contribution in [2.45, 2.75) is 12.7 Å². The number of allylic oxidation sites excluding steroid dienone is 1. The molecule has 1 heterocycles. The van der Waals surface area contributed by atoms with Crippen molar-refractivity contribution in [1.82, 2.24) is 9.55 Å². The quantitative estimate of drug-likeness (QED) is 0.201. The molecule has 0 saturated carbocycles. The van der Waals surface area contributed by atoms with Gasteiger partial charge in [-0.1, -0.05) is 30.3 Å². The Balaban J connectivity index is 1.44. The highest BCUT2D eigenvalue weighted by atomic mass is 19.4. The van der Waals surface area contributed by atoms with Crippen molar-refractivity contribution in [3.8, 4) is 28.7 Å². The number of nitrogens with zero attached hydrogens (tertiary/aromatic N) is 2. The zero-order chi connectivity index (χ0) is 28.2. The minimum absolute atomic E-state index is 0.0184. The summed E-state index contributed by atoms with van der Waals surface area (Å²) in [7, 11) is 4.12. The third-order valence-electron chi connectivity index (χ3n) is 5.85. The van der Waals surface area contributed by atoms with Crippen molar-refractivity contribution in [3.63, 3.8) is 0 Å². The minimum atomic E-state index is -4.60. The summed E-state index contributed by atoms with van der Waals surface area (Å²) in [5.41, 5.74) is 1.19. The third kappa shape index (κ3) is 5.77. The number of methoxy groups -OCH3 is 3. The second-order valence-corrected chi connectivity index (χ2v) is 8.23. The summed E-state index contributed by atoms with van der Waals surface area (Å²) in [6, 6.07) is 14.3. The first-order chi connectivity index (χ1) is 18.7. The molecular formula is C28H25F3N2O6. The molecule has 0 radical (unpaired) electrons. The largest absolute Gasteiger partial charge is 0.507 e. The van der Waals surface area contributed by atoms with Crippen molar-refractivity contribution < 1.29 is 42.0 Å². The Hall–Kier alpha value is -4.67. The lowest BCUT2D eigenvalue weighted by Crippen LogP contribution is -2.18. The fourth-order valence-electron chi connectivity index (χ4n) is 4.08. The number of hydrogen-bond acceptors (Lipinski definition) is 7. The molecule has 8 nitrogen and oxygen atoms in total. The smallest absolute Gasteiger partial charge is 0.449 e. The lowest BCUT2D eigenvalue weighted by atomic mass is 10.0. The van der Waals surface area contributed by atoms with Gasteiger partial charge in [0, 0.05) is 6.07 Å². The van der Waals surface area contributed by atoms with Gasteiger partial charge < -0.3 is 28.6 Å². The number of benzene rings is 3. The van der Waals surface area contributed by atoms with Gasteiger partial charge in [-0.2, -0.15) is 13.2 Å². The number of alkyl halides is 3. The van der Waals surface area contributed by atoms with Crippen LogP contribution in [0.25, 0.3) is 17.1 Å². The summed E-state index contributed by atoms with van der Waals surface area (Å²) in [5, 5.41) is 10.4. The minimum Gasteiger partial charge on any atom is -0.507 e. The van der Waals surface area contributed by atoms with Gasteiger partial charge in [0.1, 0.15) is 23.7 Å². The van der Waals surface area contributed by atoms with Crippen LogP contribution in [0, 0.1) is 0 Å². The van der Waals surface area contributed by atoms with Gasteiger partial charge in [0.15, 0.2) is 17.3 Å². The third-order valence-corrected chi connectivity index (χ3v) is 5.85. The van der Waals surface area contributed by atoms with Gasteiger partial charge in [-0.25, -0.2) is 4.98 Å². The number of para-hydroxylation sites is 2. The van der Waals surface area contributed by atoms with Crippen LogP contribution in [0.3, 0.4) is 0 Å². The molecule has 0 atom stereocenters. The zero-order valence-electron chi connectivity index (χ0n) is 21.3. The highest BCUT2D eigenvalue weighted by Crippen LogP contribution is 2.45. The maximum Gasteiger partial charge on any atom is 0.449 e. The zero-order valence-corrected chi connectivity index (χ0v) is 21.3. The number of halogens is 3. The molecule has 0 amide bonds. The molecule has 4 aromatic rings. The summed E-state index contributed by atoms with van der Waals surface area (Å²) in [4.78, 5) is 16.6. The Kier molecular flexibility index (Phi) is 7.99. The first-order valence-electron chi connectivity index (χ1n) is 11.7. The van der Waals surface area contributed by atoms with Gasteiger partial charge in [0.25, 0.3) is 0 Å². The average Bonchev–Trinajstić information content (AvgIpc) is 3.31. The van der Waals surface area contributed by atoms with Crippen LogP contribution in [-0.2, 0) is 12.7 Å². The first kappa shape index (κ1) is 27.4. The van der Waals surface area contributed by atoms with E-state index in [4.69, 9.17) is 18.9 Å². The lowest BCUT2D eigenvalue weighted by molar-refractivity contribution is -0.147. The summed E-state index contributed by atoms with van der Waals surface area (Å²) >= 11 is 0. The van der Waals surface area contributed by atoms with Gasteiger partial charge in [-0.15, -0.1) is 0 Å². The fraction of sp³-hybridized carbons (Fsp3) is 0.214. The molecule has 0 aliphatic heterocycles. The van der Waals surface area contributed by atoms with Crippen molar-refractivity contribution in [2.75, 3.05) is 27.9 Å². The molecule has 0 bridgehead atoms. The molecular weight excluding hydrogens is 517 g/mol. The molecule has 0 unspecified atom stereocenters. The highest BCUT2D eigenvalue weighted by molar-refractivity contribution is 6.11. The standard InChI is InChI=1S/C28H25F3N2O6/c1-36-23-16-22(35)24(26(38-3)25(23)37-2)21(34)13-10-17-8-11-18(12-9-17)39-15-14-33-20-7-5-4-6-19(20)32-27(33)28(29,30)31/h4-13,16,35H,14-15H2,1-3H3/b13-10+. The van der Waals surface area contributed by atoms with Crippen LogP contribution in [0.2, 0.25) is 0 Å². The Labute approximate surface area is 221 Å². The van der Waals surface area contributed by atoms with E-state index < -0.39 is 17.8 Å². The fourth-order valence-corrected chi connectivity index (χ4v) is 4.08. The highest BCUT2D eigenvalue weighted by Gasteiger charge is 2.37. The number of carbonyl (C=O) groups is 1. The number of phenolic OH excluding ortho intramolecular Hbond substituents is 1.